The molecule has 45 heavy (non-hydrogen) atoms. The Labute approximate surface area is 267 Å². The van der Waals surface area contributed by atoms with Crippen LogP contribution in [0, 0.1) is 70.3 Å². The molecular weight excluding hydrogens is 590 g/mol. The molecule has 2 N–H and O–H groups in total. The zero-order valence-electron chi connectivity index (χ0n) is 26.3. The molecule has 8 atom stereocenters. The van der Waals surface area contributed by atoms with Crippen molar-refractivity contribution in [2.45, 2.75) is 89.4 Å². The molecule has 1 unspecified atom stereocenters. The number of rotatable bonds is 5. The molecule has 8 rings (SSSR count). The molecule has 236 valence electrons. The summed E-state index contributed by atoms with van der Waals surface area (Å²) in [4.78, 5) is 19.2. The largest absolute Gasteiger partial charge is 0.393 e. The van der Waals surface area contributed by atoms with Crippen molar-refractivity contribution in [3.63, 3.8) is 0 Å². The number of aliphatic hydroxyl groups is 2. The average molecular weight is 631 g/mol. The van der Waals surface area contributed by atoms with E-state index in [1.165, 1.54) is 17.8 Å². The van der Waals surface area contributed by atoms with Crippen molar-refractivity contribution in [2.24, 2.45) is 33.5 Å². The van der Waals surface area contributed by atoms with E-state index in [1.807, 2.05) is 19.9 Å². The number of carbonyl (C=O) groups is 1. The number of hydrogen-bond donors (Lipinski definition) is 2. The molecule has 2 spiro atoms. The third kappa shape index (κ3) is 4.02. The minimum atomic E-state index is -1.08. The van der Waals surface area contributed by atoms with Crippen LogP contribution in [0.2, 0.25) is 0 Å². The zero-order valence-corrected chi connectivity index (χ0v) is 27.1. The third-order valence-electron chi connectivity index (χ3n) is 13.0. The maximum absolute atomic E-state index is 14.5. The summed E-state index contributed by atoms with van der Waals surface area (Å²) >= 11 is 1.43. The number of benzene rings is 1. The lowest BCUT2D eigenvalue weighted by molar-refractivity contribution is -0.166. The maximum atomic E-state index is 14.5. The second kappa shape index (κ2) is 10.1. The molecule has 1 heterocycles. The van der Waals surface area contributed by atoms with Gasteiger partial charge >= 0.3 is 0 Å². The summed E-state index contributed by atoms with van der Waals surface area (Å²) in [6.07, 6.45) is 10.9. The van der Waals surface area contributed by atoms with Crippen LogP contribution in [-0.2, 0) is 0 Å². The summed E-state index contributed by atoms with van der Waals surface area (Å²) in [5, 5.41) is 33.9. The van der Waals surface area contributed by atoms with Crippen LogP contribution in [0.1, 0.15) is 86.0 Å². The Kier molecular flexibility index (Phi) is 6.89. The quantitative estimate of drug-likeness (QED) is 0.203. The number of pyridine rings is 1. The number of allylic oxidation sites excluding steroid dienone is 4. The number of aryl methyl sites for hydroxylation is 2. The van der Waals surface area contributed by atoms with Crippen molar-refractivity contribution in [3.8, 4) is 6.07 Å². The summed E-state index contributed by atoms with van der Waals surface area (Å²) in [6, 6.07) is 7.55. The number of fused-ring (bicyclic) bond motifs is 1. The molecule has 6 aliphatic rings. The molecule has 0 saturated heterocycles. The Balaban J connectivity index is 1.33. The van der Waals surface area contributed by atoms with Gasteiger partial charge in [-0.05, 0) is 106 Å². The molecule has 8 heteroatoms. The van der Waals surface area contributed by atoms with Gasteiger partial charge in [-0.1, -0.05) is 32.1 Å². The van der Waals surface area contributed by atoms with Gasteiger partial charge < -0.3 is 10.2 Å². The Morgan fingerprint density at radius 3 is 2.49 bits per heavy atom. The summed E-state index contributed by atoms with van der Waals surface area (Å²) in [5.41, 5.74) is -0.0947. The summed E-state index contributed by atoms with van der Waals surface area (Å²) in [7, 11) is 0. The molecule has 0 aliphatic heterocycles. The molecule has 0 radical (unpaired) electrons. The van der Waals surface area contributed by atoms with E-state index in [4.69, 9.17) is 0 Å². The van der Waals surface area contributed by atoms with Gasteiger partial charge in [0.15, 0.2) is 17.4 Å². The molecule has 6 aliphatic carbocycles. The third-order valence-corrected chi connectivity index (χ3v) is 14.2. The first kappa shape index (κ1) is 30.8. The van der Waals surface area contributed by atoms with Crippen molar-refractivity contribution in [1.82, 2.24) is 4.98 Å². The van der Waals surface area contributed by atoms with E-state index in [1.54, 1.807) is 0 Å². The van der Waals surface area contributed by atoms with E-state index in [0.717, 1.165) is 42.7 Å². The van der Waals surface area contributed by atoms with Crippen molar-refractivity contribution in [3.05, 3.63) is 82.1 Å². The second-order valence-electron chi connectivity index (χ2n) is 14.9. The Bertz CT molecular complexity index is 1730. The molecular formula is C37H40F2N2O3S. The van der Waals surface area contributed by atoms with Crippen LogP contribution in [0.15, 0.2) is 53.1 Å². The number of nitriles is 1. The number of aromatic nitrogens is 1. The van der Waals surface area contributed by atoms with Gasteiger partial charge in [-0.25, -0.2) is 13.8 Å². The Hall–Kier alpha value is -2.86. The minimum Gasteiger partial charge on any atom is -0.393 e. The molecule has 1 aromatic heterocycles. The number of Topliss-reactive ketones (excluding diaryl/α,β-unsaturated/α-hetero) is 1. The van der Waals surface area contributed by atoms with E-state index >= 15 is 0 Å². The smallest absolute Gasteiger partial charge is 0.189 e. The summed E-state index contributed by atoms with van der Waals surface area (Å²) in [6.45, 7) is 8.28. The van der Waals surface area contributed by atoms with Gasteiger partial charge in [0.1, 0.15) is 11.1 Å². The van der Waals surface area contributed by atoms with Gasteiger partial charge in [0.25, 0.3) is 0 Å². The summed E-state index contributed by atoms with van der Waals surface area (Å²) < 4.78 is 28.4. The molecule has 3 fully saturated rings. The SMILES string of the molecule is Cc1cc(C)c(C#N)c(SC[C@]2(O)CC[C@H]3[C@]45C=C[C@@]6(C=C4C(=O)c4ccc(F)c(F)c4)CC(O)CC[C@]6(C)[C@H]5CC[C@@]32C)n1. The molecule has 5 nitrogen and oxygen atoms in total. The fraction of sp³-hybridized carbons (Fsp3) is 0.541. The van der Waals surface area contributed by atoms with Gasteiger partial charge in [0, 0.05) is 38.8 Å². The Morgan fingerprint density at radius 2 is 1.76 bits per heavy atom. The maximum Gasteiger partial charge on any atom is 0.189 e. The van der Waals surface area contributed by atoms with Crippen LogP contribution in [0.25, 0.3) is 0 Å². The number of carbonyl (C=O) groups excluding carboxylic acids is 1. The van der Waals surface area contributed by atoms with Gasteiger partial charge in [0.2, 0.25) is 0 Å². The minimum absolute atomic E-state index is 0.0734. The highest BCUT2D eigenvalue weighted by Crippen LogP contribution is 2.78. The first-order valence-electron chi connectivity index (χ1n) is 16.1. The standard InChI is InChI=1S/C37H40F2N2O3S/c1-21-15-22(2)41-32(25(21)19-40)45-20-36(44)12-9-30-34(36,4)11-8-29-33(3)10-7-24(42)17-35(33)13-14-37(29,30)26(18-35)31(43)23-5-6-27(38)28(39)16-23/h5-6,13-16,18,24,29-30,42,44H,7-12,17,20H2,1-4H3/t24?,29-,30-,33-,34+,35+,36-,37-/m1/s1. The van der Waals surface area contributed by atoms with Crippen LogP contribution >= 0.6 is 11.8 Å². The van der Waals surface area contributed by atoms with E-state index in [2.05, 4.69) is 43.1 Å². The summed E-state index contributed by atoms with van der Waals surface area (Å²) in [5.74, 6) is -1.97. The zero-order chi connectivity index (χ0) is 32.2. The van der Waals surface area contributed by atoms with Gasteiger partial charge in [0.05, 0.1) is 17.3 Å². The predicted octanol–water partition coefficient (Wildman–Crippen LogP) is 7.41. The average Bonchev–Trinajstić information content (AvgIpc) is 3.27. The molecule has 3 saturated carbocycles. The van der Waals surface area contributed by atoms with Crippen molar-refractivity contribution in [1.29, 1.82) is 5.26 Å². The number of nitrogens with zero attached hydrogens (tertiary/aromatic N) is 2. The Morgan fingerprint density at radius 1 is 1.04 bits per heavy atom. The van der Waals surface area contributed by atoms with Crippen LogP contribution in [0.3, 0.4) is 0 Å². The van der Waals surface area contributed by atoms with Gasteiger partial charge in [-0.15, -0.1) is 11.8 Å². The van der Waals surface area contributed by atoms with Crippen molar-refractivity contribution >= 4 is 17.5 Å². The van der Waals surface area contributed by atoms with Crippen LogP contribution in [-0.4, -0.2) is 38.4 Å². The first-order chi connectivity index (χ1) is 21.2. The molecule has 2 aromatic rings. The van der Waals surface area contributed by atoms with Gasteiger partial charge in [-0.2, -0.15) is 5.26 Å². The molecule has 1 aromatic carbocycles. The highest BCUT2D eigenvalue weighted by Gasteiger charge is 2.74. The van der Waals surface area contributed by atoms with E-state index in [-0.39, 0.29) is 28.6 Å². The lowest BCUT2D eigenvalue weighted by atomic mass is 9.32. The highest BCUT2D eigenvalue weighted by molar-refractivity contribution is 7.99. The second-order valence-corrected chi connectivity index (χ2v) is 15.9. The molecule has 0 amide bonds. The van der Waals surface area contributed by atoms with Crippen LogP contribution < -0.4 is 0 Å². The topological polar surface area (TPSA) is 94.2 Å². The fourth-order valence-corrected chi connectivity index (χ4v) is 12.0. The van der Waals surface area contributed by atoms with Crippen LogP contribution in [0.4, 0.5) is 8.78 Å². The number of aliphatic hydroxyl groups excluding tert-OH is 1. The van der Waals surface area contributed by atoms with Crippen LogP contribution in [0.5, 0.6) is 0 Å². The normalized spacial score (nSPS) is 39.4. The number of halogens is 2. The lowest BCUT2D eigenvalue weighted by Crippen LogP contribution is -2.67. The lowest BCUT2D eigenvalue weighted by Gasteiger charge is -2.71. The van der Waals surface area contributed by atoms with Crippen molar-refractivity contribution < 1.29 is 23.8 Å². The van der Waals surface area contributed by atoms with Crippen molar-refractivity contribution in [2.75, 3.05) is 5.75 Å². The monoisotopic (exact) mass is 630 g/mol. The van der Waals surface area contributed by atoms with E-state index in [0.29, 0.717) is 47.6 Å². The number of hydrogen-bond acceptors (Lipinski definition) is 6. The first-order valence-corrected chi connectivity index (χ1v) is 17.1. The number of ketones is 1. The number of thioether (sulfide) groups is 1. The van der Waals surface area contributed by atoms with E-state index < -0.39 is 39.6 Å². The predicted molar refractivity (Wildman–Crippen MR) is 168 cm³/mol. The fourth-order valence-electron chi connectivity index (χ4n) is 10.6. The molecule has 2 bridgehead atoms. The van der Waals surface area contributed by atoms with Gasteiger partial charge in [-0.3, -0.25) is 4.79 Å². The highest BCUT2D eigenvalue weighted by atomic mass is 32.2. The van der Waals surface area contributed by atoms with E-state index in [9.17, 15) is 29.1 Å².